The van der Waals surface area contributed by atoms with E-state index in [4.69, 9.17) is 0 Å². The van der Waals surface area contributed by atoms with E-state index in [0.29, 0.717) is 30.5 Å². The molecule has 0 bridgehead atoms. The van der Waals surface area contributed by atoms with Gasteiger partial charge in [-0.3, -0.25) is 4.79 Å². The molecular formula is C16H29NO3S. The molecule has 2 aliphatic rings. The first-order chi connectivity index (χ1) is 9.88. The van der Waals surface area contributed by atoms with Gasteiger partial charge in [0.1, 0.15) is 15.6 Å². The second-order valence-electron chi connectivity index (χ2n) is 7.07. The predicted octanol–water partition coefficient (Wildman–Crippen LogP) is 2.18. The molecule has 1 aliphatic heterocycles. The highest BCUT2D eigenvalue weighted by Gasteiger charge is 2.33. The van der Waals surface area contributed by atoms with Crippen molar-refractivity contribution in [3.63, 3.8) is 0 Å². The quantitative estimate of drug-likeness (QED) is 0.844. The van der Waals surface area contributed by atoms with Crippen LogP contribution in [0.1, 0.15) is 51.9 Å². The van der Waals surface area contributed by atoms with Gasteiger partial charge in [0, 0.05) is 18.6 Å². The third-order valence-electron chi connectivity index (χ3n) is 5.35. The summed E-state index contributed by atoms with van der Waals surface area (Å²) in [5, 5.41) is 3.11. The van der Waals surface area contributed by atoms with E-state index in [-0.39, 0.29) is 11.2 Å². The highest BCUT2D eigenvalue weighted by Crippen LogP contribution is 2.32. The smallest absolute Gasteiger partial charge is 0.150 e. The van der Waals surface area contributed by atoms with Crippen LogP contribution in [0.5, 0.6) is 0 Å². The van der Waals surface area contributed by atoms with Crippen LogP contribution in [0.3, 0.4) is 0 Å². The standard InChI is InChI=1S/C16H29NO3S/c1-12(14-6-4-8-17-11-14)9-16(18)13-5-3-7-15(10-13)21(2,19)20/h12-15,17H,3-11H2,1-2H3. The molecule has 5 heteroatoms. The lowest BCUT2D eigenvalue weighted by molar-refractivity contribution is -0.125. The van der Waals surface area contributed by atoms with Crippen molar-refractivity contribution < 1.29 is 13.2 Å². The van der Waals surface area contributed by atoms with Gasteiger partial charge >= 0.3 is 0 Å². The van der Waals surface area contributed by atoms with E-state index in [1.54, 1.807) is 0 Å². The number of piperidine rings is 1. The van der Waals surface area contributed by atoms with Gasteiger partial charge in [0.05, 0.1) is 5.25 Å². The summed E-state index contributed by atoms with van der Waals surface area (Å²) in [6, 6.07) is 0. The summed E-state index contributed by atoms with van der Waals surface area (Å²) in [6.07, 6.45) is 7.35. The molecule has 21 heavy (non-hydrogen) atoms. The Morgan fingerprint density at radius 1 is 1.24 bits per heavy atom. The summed E-state index contributed by atoms with van der Waals surface area (Å²) in [7, 11) is -3.00. The summed E-state index contributed by atoms with van der Waals surface area (Å²) in [5.41, 5.74) is 0. The maximum atomic E-state index is 12.5. The van der Waals surface area contributed by atoms with Crippen LogP contribution in [0.4, 0.5) is 0 Å². The first kappa shape index (κ1) is 16.9. The molecule has 122 valence electrons. The van der Waals surface area contributed by atoms with E-state index in [1.165, 1.54) is 19.1 Å². The molecule has 1 saturated heterocycles. The fourth-order valence-corrected chi connectivity index (χ4v) is 5.02. The van der Waals surface area contributed by atoms with E-state index < -0.39 is 9.84 Å². The van der Waals surface area contributed by atoms with Gasteiger partial charge in [-0.05, 0) is 57.0 Å². The van der Waals surface area contributed by atoms with Crippen molar-refractivity contribution in [1.82, 2.24) is 5.32 Å². The Kier molecular flexibility index (Phi) is 5.83. The fourth-order valence-electron chi connectivity index (χ4n) is 3.84. The van der Waals surface area contributed by atoms with Crippen molar-refractivity contribution in [3.8, 4) is 0 Å². The number of carbonyl (C=O) groups is 1. The average molecular weight is 315 g/mol. The molecule has 0 amide bonds. The first-order valence-corrected chi connectivity index (χ1v) is 10.3. The van der Waals surface area contributed by atoms with E-state index >= 15 is 0 Å². The van der Waals surface area contributed by atoms with Gasteiger partial charge in [-0.2, -0.15) is 0 Å². The van der Waals surface area contributed by atoms with E-state index in [2.05, 4.69) is 12.2 Å². The van der Waals surface area contributed by atoms with Crippen molar-refractivity contribution in [2.45, 2.75) is 57.1 Å². The number of carbonyl (C=O) groups excluding carboxylic acids is 1. The normalized spacial score (nSPS) is 32.6. The molecular weight excluding hydrogens is 286 g/mol. The Morgan fingerprint density at radius 3 is 2.62 bits per heavy atom. The lowest BCUT2D eigenvalue weighted by Gasteiger charge is -2.31. The number of rotatable bonds is 5. The Hall–Kier alpha value is -0.420. The number of nitrogens with one attached hydrogen (secondary N) is 1. The van der Waals surface area contributed by atoms with Crippen LogP contribution >= 0.6 is 0 Å². The molecule has 2 rings (SSSR count). The number of ketones is 1. The fraction of sp³-hybridized carbons (Fsp3) is 0.938. The van der Waals surface area contributed by atoms with Crippen molar-refractivity contribution in [1.29, 1.82) is 0 Å². The number of hydrogen-bond donors (Lipinski definition) is 1. The molecule has 1 N–H and O–H groups in total. The van der Waals surface area contributed by atoms with Gasteiger partial charge in [0.15, 0.2) is 0 Å². The van der Waals surface area contributed by atoms with Crippen molar-refractivity contribution in [3.05, 3.63) is 0 Å². The highest BCUT2D eigenvalue weighted by molar-refractivity contribution is 7.91. The van der Waals surface area contributed by atoms with E-state index in [0.717, 1.165) is 32.4 Å². The zero-order valence-corrected chi connectivity index (χ0v) is 14.1. The Balaban J connectivity index is 1.87. The largest absolute Gasteiger partial charge is 0.316 e. The Labute approximate surface area is 129 Å². The van der Waals surface area contributed by atoms with Crippen LogP contribution in [-0.4, -0.2) is 38.8 Å². The van der Waals surface area contributed by atoms with Crippen LogP contribution < -0.4 is 5.32 Å². The van der Waals surface area contributed by atoms with E-state index in [1.807, 2.05) is 0 Å². The molecule has 0 aromatic heterocycles. The Bertz CT molecular complexity index is 454. The highest BCUT2D eigenvalue weighted by atomic mass is 32.2. The lowest BCUT2D eigenvalue weighted by atomic mass is 9.79. The number of hydrogen-bond acceptors (Lipinski definition) is 4. The summed E-state index contributed by atoms with van der Waals surface area (Å²) in [5.74, 6) is 1.26. The van der Waals surface area contributed by atoms with E-state index in [9.17, 15) is 13.2 Å². The first-order valence-electron chi connectivity index (χ1n) is 8.30. The molecule has 4 nitrogen and oxygen atoms in total. The van der Waals surface area contributed by atoms with Crippen LogP contribution in [0, 0.1) is 17.8 Å². The molecule has 1 saturated carbocycles. The van der Waals surface area contributed by atoms with Gasteiger partial charge in [-0.1, -0.05) is 13.3 Å². The second kappa shape index (κ2) is 7.23. The minimum absolute atomic E-state index is 0.0301. The summed E-state index contributed by atoms with van der Waals surface area (Å²) in [4.78, 5) is 12.5. The summed E-state index contributed by atoms with van der Waals surface area (Å²) < 4.78 is 23.4. The molecule has 0 spiro atoms. The zero-order valence-electron chi connectivity index (χ0n) is 13.3. The second-order valence-corrected chi connectivity index (χ2v) is 9.39. The average Bonchev–Trinajstić information content (AvgIpc) is 2.47. The molecule has 0 aromatic carbocycles. The molecule has 0 radical (unpaired) electrons. The molecule has 0 aromatic rings. The molecule has 2 fully saturated rings. The van der Waals surface area contributed by atoms with Crippen molar-refractivity contribution >= 4 is 15.6 Å². The lowest BCUT2D eigenvalue weighted by Crippen LogP contribution is -2.36. The van der Waals surface area contributed by atoms with Crippen LogP contribution in [0.15, 0.2) is 0 Å². The van der Waals surface area contributed by atoms with Gasteiger partial charge in [-0.15, -0.1) is 0 Å². The van der Waals surface area contributed by atoms with Crippen LogP contribution in [-0.2, 0) is 14.6 Å². The summed E-state index contributed by atoms with van der Waals surface area (Å²) >= 11 is 0. The number of sulfone groups is 1. The van der Waals surface area contributed by atoms with Crippen molar-refractivity contribution in [2.24, 2.45) is 17.8 Å². The number of Topliss-reactive ketones (excluding diaryl/α,β-unsaturated/α-hetero) is 1. The maximum absolute atomic E-state index is 12.5. The van der Waals surface area contributed by atoms with Crippen LogP contribution in [0.2, 0.25) is 0 Å². The zero-order chi connectivity index (χ0) is 15.5. The molecule has 1 aliphatic carbocycles. The third kappa shape index (κ3) is 4.78. The van der Waals surface area contributed by atoms with Gasteiger partial charge in [-0.25, -0.2) is 8.42 Å². The monoisotopic (exact) mass is 315 g/mol. The minimum Gasteiger partial charge on any atom is -0.316 e. The summed E-state index contributed by atoms with van der Waals surface area (Å²) in [6.45, 7) is 4.29. The van der Waals surface area contributed by atoms with Crippen LogP contribution in [0.25, 0.3) is 0 Å². The van der Waals surface area contributed by atoms with Crippen molar-refractivity contribution in [2.75, 3.05) is 19.3 Å². The maximum Gasteiger partial charge on any atom is 0.150 e. The third-order valence-corrected chi connectivity index (χ3v) is 6.99. The minimum atomic E-state index is -3.00. The SMILES string of the molecule is CC(CC(=O)C1CCCC(S(C)(=O)=O)C1)C1CCCNC1. The van der Waals surface area contributed by atoms with Gasteiger partial charge in [0.2, 0.25) is 0 Å². The molecule has 4 atom stereocenters. The van der Waals surface area contributed by atoms with Gasteiger partial charge in [0.25, 0.3) is 0 Å². The molecule has 1 heterocycles. The van der Waals surface area contributed by atoms with Gasteiger partial charge < -0.3 is 5.32 Å². The predicted molar refractivity (Wildman–Crippen MR) is 85.0 cm³/mol. The molecule has 4 unspecified atom stereocenters. The Morgan fingerprint density at radius 2 is 2.00 bits per heavy atom. The topological polar surface area (TPSA) is 63.2 Å².